The van der Waals surface area contributed by atoms with E-state index in [1.807, 2.05) is 0 Å². The average molecular weight is 1000 g/mol. The highest BCUT2D eigenvalue weighted by Crippen LogP contribution is 2.23. The Hall–Kier alpha value is -2.19. The van der Waals surface area contributed by atoms with Crippen molar-refractivity contribution in [3.05, 3.63) is 60.8 Å². The molecule has 9 unspecified atom stereocenters. The van der Waals surface area contributed by atoms with Crippen molar-refractivity contribution in [3.63, 3.8) is 0 Å². The standard InChI is InChI=1S/C60H109NO10/c1-3-5-7-9-11-13-15-17-19-21-22-23-24-25-26-27-28-29-30-31-32-34-36-38-40-42-44-46-48-53(64)59(69)61-51(50-70-60-58(68)57(67)56(66)54(49-62)71-60)55(65)52(63)47-45-43-41-39-37-35-33-20-18-16-14-12-10-8-6-4-2/h12,14,20,22-23,25-26,33,39,41,51-58,60,62-68H,3-11,13,15-19,21,24,27-32,34-38,40,42-50H2,1-2H3,(H,61,69)/b14-12+,23-22-,26-25-,33-20+,41-39+. The summed E-state index contributed by atoms with van der Waals surface area (Å²) in [6.07, 6.45) is 51.4. The summed E-state index contributed by atoms with van der Waals surface area (Å²) in [4.78, 5) is 13.2. The van der Waals surface area contributed by atoms with Crippen LogP contribution in [0.3, 0.4) is 0 Å². The summed E-state index contributed by atoms with van der Waals surface area (Å²) < 4.78 is 11.1. The highest BCUT2D eigenvalue weighted by Gasteiger charge is 2.44. The zero-order valence-electron chi connectivity index (χ0n) is 45.2. The van der Waals surface area contributed by atoms with Crippen LogP contribution in [-0.2, 0) is 14.3 Å². The molecule has 414 valence electrons. The number of allylic oxidation sites excluding steroid dienone is 10. The second-order valence-corrected chi connectivity index (χ2v) is 20.3. The lowest BCUT2D eigenvalue weighted by Crippen LogP contribution is -2.60. The molecule has 0 aromatic carbocycles. The highest BCUT2D eigenvalue weighted by molar-refractivity contribution is 5.80. The fourth-order valence-corrected chi connectivity index (χ4v) is 8.97. The molecule has 1 amide bonds. The molecular weight excluding hydrogens is 895 g/mol. The molecule has 71 heavy (non-hydrogen) atoms. The Morgan fingerprint density at radius 2 is 0.887 bits per heavy atom. The summed E-state index contributed by atoms with van der Waals surface area (Å²) in [5.74, 6) is -0.714. The van der Waals surface area contributed by atoms with Crippen molar-refractivity contribution in [2.24, 2.45) is 0 Å². The Balaban J connectivity index is 2.30. The molecule has 0 aromatic rings. The Labute approximate surface area is 433 Å². The second-order valence-electron chi connectivity index (χ2n) is 20.3. The Morgan fingerprint density at radius 3 is 1.37 bits per heavy atom. The number of aliphatic hydroxyl groups is 7. The van der Waals surface area contributed by atoms with E-state index in [2.05, 4.69) is 79.9 Å². The van der Waals surface area contributed by atoms with Crippen LogP contribution in [0, 0.1) is 0 Å². The predicted octanol–water partition coefficient (Wildman–Crippen LogP) is 12.2. The summed E-state index contributed by atoms with van der Waals surface area (Å²) in [6.45, 7) is 3.41. The van der Waals surface area contributed by atoms with Gasteiger partial charge < -0.3 is 50.5 Å². The van der Waals surface area contributed by atoms with Crippen molar-refractivity contribution in [3.8, 4) is 0 Å². The molecule has 1 aliphatic rings. The Kier molecular flexibility index (Phi) is 45.9. The lowest BCUT2D eigenvalue weighted by molar-refractivity contribution is -0.303. The number of carbonyl (C=O) groups is 1. The summed E-state index contributed by atoms with van der Waals surface area (Å²) in [5, 5.41) is 76.0. The van der Waals surface area contributed by atoms with Gasteiger partial charge in [-0.1, -0.05) is 209 Å². The fraction of sp³-hybridized carbons (Fsp3) is 0.817. The zero-order valence-corrected chi connectivity index (χ0v) is 45.2. The van der Waals surface area contributed by atoms with Gasteiger partial charge in [0.25, 0.3) is 0 Å². The van der Waals surface area contributed by atoms with Gasteiger partial charge in [0.05, 0.1) is 25.4 Å². The highest BCUT2D eigenvalue weighted by atomic mass is 16.7. The number of carbonyl (C=O) groups excluding carboxylic acids is 1. The number of ether oxygens (including phenoxy) is 2. The normalized spacial score (nSPS) is 20.6. The van der Waals surface area contributed by atoms with Crippen molar-refractivity contribution in [1.82, 2.24) is 5.32 Å². The van der Waals surface area contributed by atoms with Crippen LogP contribution in [-0.4, -0.2) is 110 Å². The van der Waals surface area contributed by atoms with Gasteiger partial charge in [0.1, 0.15) is 36.6 Å². The first-order chi connectivity index (χ1) is 34.7. The summed E-state index contributed by atoms with van der Waals surface area (Å²) in [7, 11) is 0. The average Bonchev–Trinajstić information content (AvgIpc) is 3.37. The number of aliphatic hydroxyl groups excluding tert-OH is 7. The van der Waals surface area contributed by atoms with E-state index in [4.69, 9.17) is 9.47 Å². The fourth-order valence-electron chi connectivity index (χ4n) is 8.97. The molecule has 8 N–H and O–H groups in total. The van der Waals surface area contributed by atoms with Crippen LogP contribution in [0.5, 0.6) is 0 Å². The van der Waals surface area contributed by atoms with Crippen molar-refractivity contribution in [1.29, 1.82) is 0 Å². The predicted molar refractivity (Wildman–Crippen MR) is 293 cm³/mol. The molecule has 9 atom stereocenters. The van der Waals surface area contributed by atoms with Gasteiger partial charge in [0, 0.05) is 0 Å². The van der Waals surface area contributed by atoms with E-state index in [1.54, 1.807) is 0 Å². The van der Waals surface area contributed by atoms with E-state index in [1.165, 1.54) is 141 Å². The maximum absolute atomic E-state index is 13.2. The van der Waals surface area contributed by atoms with Crippen LogP contribution in [0.4, 0.5) is 0 Å². The number of hydrogen-bond acceptors (Lipinski definition) is 10. The first-order valence-corrected chi connectivity index (χ1v) is 29.2. The van der Waals surface area contributed by atoms with E-state index in [0.29, 0.717) is 19.3 Å². The third-order valence-electron chi connectivity index (χ3n) is 13.7. The first kappa shape index (κ1) is 66.8. The molecule has 0 spiro atoms. The van der Waals surface area contributed by atoms with Crippen LogP contribution in [0.15, 0.2) is 60.8 Å². The SMILES string of the molecule is CCCCC/C=C/CC/C=C/CC/C=C/CCCC(O)C(O)C(COC1OC(CO)C(O)C(O)C1O)NC(=O)C(O)CCCCCCCCCCCCCC/C=C\C/C=C\CCCCCCCCCCC. The minimum atomic E-state index is -1.67. The topological polar surface area (TPSA) is 189 Å². The first-order valence-electron chi connectivity index (χ1n) is 29.2. The maximum Gasteiger partial charge on any atom is 0.249 e. The van der Waals surface area contributed by atoms with Gasteiger partial charge in [0.2, 0.25) is 5.91 Å². The molecule has 1 fully saturated rings. The van der Waals surface area contributed by atoms with Crippen LogP contribution >= 0.6 is 0 Å². The minimum absolute atomic E-state index is 0.239. The van der Waals surface area contributed by atoms with Gasteiger partial charge in [-0.15, -0.1) is 0 Å². The molecular formula is C60H109NO10. The molecule has 0 aliphatic carbocycles. The lowest BCUT2D eigenvalue weighted by Gasteiger charge is -2.40. The van der Waals surface area contributed by atoms with Crippen molar-refractivity contribution in [2.75, 3.05) is 13.2 Å². The number of unbranched alkanes of at least 4 members (excludes halogenated alkanes) is 27. The van der Waals surface area contributed by atoms with Crippen LogP contribution in [0.2, 0.25) is 0 Å². The van der Waals surface area contributed by atoms with Gasteiger partial charge in [-0.25, -0.2) is 0 Å². The molecule has 0 bridgehead atoms. The number of hydrogen-bond donors (Lipinski definition) is 8. The quantitative estimate of drug-likeness (QED) is 0.0215. The Morgan fingerprint density at radius 1 is 0.493 bits per heavy atom. The third kappa shape index (κ3) is 37.2. The molecule has 1 aliphatic heterocycles. The molecule has 1 rings (SSSR count). The third-order valence-corrected chi connectivity index (χ3v) is 13.7. The largest absolute Gasteiger partial charge is 0.394 e. The Bertz CT molecular complexity index is 1340. The number of nitrogens with one attached hydrogen (secondary N) is 1. The maximum atomic E-state index is 13.2. The molecule has 11 heteroatoms. The van der Waals surface area contributed by atoms with Crippen LogP contribution in [0.1, 0.15) is 245 Å². The minimum Gasteiger partial charge on any atom is -0.394 e. The van der Waals surface area contributed by atoms with Crippen LogP contribution < -0.4 is 5.32 Å². The van der Waals surface area contributed by atoms with Gasteiger partial charge in [-0.3, -0.25) is 4.79 Å². The van der Waals surface area contributed by atoms with Gasteiger partial charge >= 0.3 is 0 Å². The monoisotopic (exact) mass is 1000 g/mol. The van der Waals surface area contributed by atoms with E-state index in [0.717, 1.165) is 57.8 Å². The van der Waals surface area contributed by atoms with Gasteiger partial charge in [-0.2, -0.15) is 0 Å². The van der Waals surface area contributed by atoms with Crippen molar-refractivity contribution < 1.29 is 50.0 Å². The molecule has 1 heterocycles. The van der Waals surface area contributed by atoms with Gasteiger partial charge in [-0.05, 0) is 96.3 Å². The van der Waals surface area contributed by atoms with Gasteiger partial charge in [0.15, 0.2) is 6.29 Å². The van der Waals surface area contributed by atoms with E-state index < -0.39 is 74.2 Å². The van der Waals surface area contributed by atoms with Crippen LogP contribution in [0.25, 0.3) is 0 Å². The van der Waals surface area contributed by atoms with E-state index in [-0.39, 0.29) is 12.8 Å². The molecule has 0 saturated carbocycles. The smallest absolute Gasteiger partial charge is 0.249 e. The molecule has 0 radical (unpaired) electrons. The molecule has 0 aromatic heterocycles. The second kappa shape index (κ2) is 48.7. The molecule has 1 saturated heterocycles. The molecule has 11 nitrogen and oxygen atoms in total. The summed E-state index contributed by atoms with van der Waals surface area (Å²) in [5.41, 5.74) is 0. The lowest BCUT2D eigenvalue weighted by atomic mass is 9.98. The zero-order chi connectivity index (χ0) is 51.8. The van der Waals surface area contributed by atoms with Crippen molar-refractivity contribution >= 4 is 5.91 Å². The number of amides is 1. The summed E-state index contributed by atoms with van der Waals surface area (Å²) in [6, 6.07) is -1.20. The summed E-state index contributed by atoms with van der Waals surface area (Å²) >= 11 is 0. The van der Waals surface area contributed by atoms with E-state index in [9.17, 15) is 40.5 Å². The van der Waals surface area contributed by atoms with E-state index >= 15 is 0 Å². The number of rotatable bonds is 49. The van der Waals surface area contributed by atoms with Crippen molar-refractivity contribution in [2.45, 2.75) is 300 Å².